The largest absolute Gasteiger partial charge is 0.495 e. The quantitative estimate of drug-likeness (QED) is 0.276. The minimum absolute atomic E-state index is 0.00601. The summed E-state index contributed by atoms with van der Waals surface area (Å²) in [6.45, 7) is 4.40. The molecule has 1 aromatic heterocycles. The molecule has 0 radical (unpaired) electrons. The summed E-state index contributed by atoms with van der Waals surface area (Å²) >= 11 is 3.29. The molecule has 0 unspecified atom stereocenters. The molecule has 4 rings (SSSR count). The Labute approximate surface area is 217 Å². The summed E-state index contributed by atoms with van der Waals surface area (Å²) < 4.78 is 56.1. The summed E-state index contributed by atoms with van der Waals surface area (Å²) in [6, 6.07) is 17.6. The molecule has 0 bridgehead atoms. The first-order valence-corrected chi connectivity index (χ1v) is 13.3. The molecule has 0 spiro atoms. The fourth-order valence-corrected chi connectivity index (χ4v) is 5.10. The number of anilines is 1. The van der Waals surface area contributed by atoms with Crippen LogP contribution in [0, 0.1) is 11.7 Å². The van der Waals surface area contributed by atoms with Gasteiger partial charge in [0.1, 0.15) is 16.5 Å². The van der Waals surface area contributed by atoms with Gasteiger partial charge < -0.3 is 9.47 Å². The van der Waals surface area contributed by atoms with Crippen molar-refractivity contribution in [3.63, 3.8) is 0 Å². The van der Waals surface area contributed by atoms with Crippen LogP contribution in [0.15, 0.2) is 76.1 Å². The van der Waals surface area contributed by atoms with E-state index in [2.05, 4.69) is 30.7 Å². The van der Waals surface area contributed by atoms with Gasteiger partial charge in [-0.2, -0.15) is 4.98 Å². The van der Waals surface area contributed by atoms with E-state index in [9.17, 15) is 12.8 Å². The molecule has 11 heteroatoms. The lowest BCUT2D eigenvalue weighted by molar-refractivity contribution is 0.251. The number of sulfonamides is 1. The Morgan fingerprint density at radius 3 is 2.47 bits per heavy atom. The van der Waals surface area contributed by atoms with Gasteiger partial charge in [0.15, 0.2) is 5.82 Å². The lowest BCUT2D eigenvalue weighted by atomic mass is 10.2. The molecule has 1 heterocycles. The van der Waals surface area contributed by atoms with Crippen molar-refractivity contribution in [2.75, 3.05) is 18.4 Å². The SMILES string of the molecule is COc1ccc(Br)cc1S(=O)(=O)Nc1ccc(-n2nc(OCC(C)C)nc2-c2ccccc2F)cc1. The Morgan fingerprint density at radius 2 is 1.81 bits per heavy atom. The Morgan fingerprint density at radius 1 is 1.08 bits per heavy atom. The van der Waals surface area contributed by atoms with Crippen LogP contribution in [-0.4, -0.2) is 36.9 Å². The first-order chi connectivity index (χ1) is 17.2. The van der Waals surface area contributed by atoms with Gasteiger partial charge in [-0.3, -0.25) is 4.72 Å². The molecule has 4 aromatic rings. The van der Waals surface area contributed by atoms with E-state index in [1.54, 1.807) is 54.6 Å². The van der Waals surface area contributed by atoms with Gasteiger partial charge in [-0.25, -0.2) is 17.5 Å². The molecule has 0 amide bonds. The molecular formula is C25H24BrFN4O4S. The predicted molar refractivity (Wildman–Crippen MR) is 139 cm³/mol. The molecule has 0 aliphatic rings. The summed E-state index contributed by atoms with van der Waals surface area (Å²) in [5.41, 5.74) is 1.13. The molecule has 3 aromatic carbocycles. The molecular weight excluding hydrogens is 551 g/mol. The van der Waals surface area contributed by atoms with Crippen molar-refractivity contribution in [3.8, 4) is 28.8 Å². The van der Waals surface area contributed by atoms with Gasteiger partial charge in [0.2, 0.25) is 0 Å². The van der Waals surface area contributed by atoms with Crippen LogP contribution in [0.25, 0.3) is 17.1 Å². The smallest absolute Gasteiger partial charge is 0.336 e. The first-order valence-electron chi connectivity index (χ1n) is 11.0. The van der Waals surface area contributed by atoms with E-state index in [0.29, 0.717) is 22.5 Å². The van der Waals surface area contributed by atoms with Gasteiger partial charge in [0.25, 0.3) is 10.0 Å². The third kappa shape index (κ3) is 5.68. The van der Waals surface area contributed by atoms with Crippen LogP contribution in [0.4, 0.5) is 10.1 Å². The maximum atomic E-state index is 14.6. The third-order valence-corrected chi connectivity index (χ3v) is 6.92. The van der Waals surface area contributed by atoms with Crippen LogP contribution < -0.4 is 14.2 Å². The number of rotatable bonds is 9. The molecule has 8 nitrogen and oxygen atoms in total. The fourth-order valence-electron chi connectivity index (χ4n) is 3.33. The molecule has 0 aliphatic heterocycles. The monoisotopic (exact) mass is 574 g/mol. The summed E-state index contributed by atoms with van der Waals surface area (Å²) in [5, 5.41) is 4.41. The van der Waals surface area contributed by atoms with Gasteiger partial charge in [-0.15, -0.1) is 5.10 Å². The maximum Gasteiger partial charge on any atom is 0.336 e. The van der Waals surface area contributed by atoms with Crippen molar-refractivity contribution in [3.05, 3.63) is 77.0 Å². The zero-order valence-corrected chi connectivity index (χ0v) is 22.2. The Hall–Kier alpha value is -3.44. The summed E-state index contributed by atoms with van der Waals surface area (Å²) in [6.07, 6.45) is 0. The van der Waals surface area contributed by atoms with Crippen LogP contribution in [0.5, 0.6) is 11.8 Å². The van der Waals surface area contributed by atoms with E-state index >= 15 is 0 Å². The number of ether oxygens (including phenoxy) is 2. The molecule has 1 N–H and O–H groups in total. The zero-order chi connectivity index (χ0) is 25.9. The standard InChI is InChI=1S/C25H24BrFN4O4S/c1-16(2)15-35-25-28-24(20-6-4-5-7-21(20)27)31(29-25)19-11-9-18(10-12-19)30-36(32,33)23-14-17(26)8-13-22(23)34-3/h4-14,16,30H,15H2,1-3H3. The highest BCUT2D eigenvalue weighted by Gasteiger charge is 2.21. The van der Waals surface area contributed by atoms with Crippen LogP contribution in [0.3, 0.4) is 0 Å². The Bertz CT molecular complexity index is 1470. The lowest BCUT2D eigenvalue weighted by Gasteiger charge is -2.13. The Kier molecular flexibility index (Phi) is 7.60. The van der Waals surface area contributed by atoms with Crippen molar-refractivity contribution in [2.24, 2.45) is 5.92 Å². The van der Waals surface area contributed by atoms with E-state index in [1.165, 1.54) is 23.9 Å². The fraction of sp³-hybridized carbons (Fsp3) is 0.200. The van der Waals surface area contributed by atoms with E-state index in [0.717, 1.165) is 0 Å². The maximum absolute atomic E-state index is 14.6. The van der Waals surface area contributed by atoms with Gasteiger partial charge in [0, 0.05) is 10.2 Å². The van der Waals surface area contributed by atoms with Crippen molar-refractivity contribution in [1.29, 1.82) is 0 Å². The van der Waals surface area contributed by atoms with Crippen LogP contribution in [0.1, 0.15) is 13.8 Å². The molecule has 0 saturated heterocycles. The molecule has 0 aliphatic carbocycles. The highest BCUT2D eigenvalue weighted by Crippen LogP contribution is 2.30. The van der Waals surface area contributed by atoms with E-state index in [4.69, 9.17) is 9.47 Å². The Balaban J connectivity index is 1.67. The van der Waals surface area contributed by atoms with Gasteiger partial charge in [-0.05, 0) is 60.5 Å². The van der Waals surface area contributed by atoms with Gasteiger partial charge in [0.05, 0.1) is 25.0 Å². The van der Waals surface area contributed by atoms with E-state index < -0.39 is 15.8 Å². The van der Waals surface area contributed by atoms with Gasteiger partial charge >= 0.3 is 6.01 Å². The lowest BCUT2D eigenvalue weighted by Crippen LogP contribution is -2.14. The molecule has 0 atom stereocenters. The third-order valence-electron chi connectivity index (χ3n) is 5.03. The highest BCUT2D eigenvalue weighted by molar-refractivity contribution is 9.10. The van der Waals surface area contributed by atoms with Crippen LogP contribution >= 0.6 is 15.9 Å². The number of halogens is 2. The minimum atomic E-state index is -3.93. The van der Waals surface area contributed by atoms with Gasteiger partial charge in [-0.1, -0.05) is 41.9 Å². The number of aromatic nitrogens is 3. The number of nitrogens with zero attached hydrogens (tertiary/aromatic N) is 3. The topological polar surface area (TPSA) is 95.3 Å². The van der Waals surface area contributed by atoms with Crippen molar-refractivity contribution in [2.45, 2.75) is 18.7 Å². The average Bonchev–Trinajstić information content (AvgIpc) is 3.27. The number of hydrogen-bond acceptors (Lipinski definition) is 6. The normalized spacial score (nSPS) is 11.5. The number of hydrogen-bond donors (Lipinski definition) is 1. The second kappa shape index (κ2) is 10.7. The number of nitrogens with one attached hydrogen (secondary N) is 1. The van der Waals surface area contributed by atoms with E-state index in [1.807, 2.05) is 13.8 Å². The van der Waals surface area contributed by atoms with E-state index in [-0.39, 0.29) is 34.0 Å². The predicted octanol–water partition coefficient (Wildman–Crippen LogP) is 5.68. The minimum Gasteiger partial charge on any atom is -0.495 e. The molecule has 188 valence electrons. The summed E-state index contributed by atoms with van der Waals surface area (Å²) in [4.78, 5) is 4.39. The molecule has 0 fully saturated rings. The second-order valence-corrected chi connectivity index (χ2v) is 10.8. The number of benzene rings is 3. The zero-order valence-electron chi connectivity index (χ0n) is 19.8. The van der Waals surface area contributed by atoms with Crippen molar-refractivity contribution < 1.29 is 22.3 Å². The van der Waals surface area contributed by atoms with Crippen LogP contribution in [-0.2, 0) is 10.0 Å². The highest BCUT2D eigenvalue weighted by atomic mass is 79.9. The molecule has 36 heavy (non-hydrogen) atoms. The van der Waals surface area contributed by atoms with Crippen molar-refractivity contribution >= 4 is 31.6 Å². The van der Waals surface area contributed by atoms with Crippen molar-refractivity contribution in [1.82, 2.24) is 14.8 Å². The number of methoxy groups -OCH3 is 1. The average molecular weight is 575 g/mol. The summed E-state index contributed by atoms with van der Waals surface area (Å²) in [5.74, 6) is 0.284. The summed E-state index contributed by atoms with van der Waals surface area (Å²) in [7, 11) is -2.53. The molecule has 0 saturated carbocycles. The van der Waals surface area contributed by atoms with Crippen LogP contribution in [0.2, 0.25) is 0 Å². The second-order valence-electron chi connectivity index (χ2n) is 8.26. The first kappa shape index (κ1) is 25.6.